The lowest BCUT2D eigenvalue weighted by atomic mass is 9.77. The summed E-state index contributed by atoms with van der Waals surface area (Å²) in [7, 11) is 1.45. The highest BCUT2D eigenvalue weighted by molar-refractivity contribution is 5.96. The van der Waals surface area contributed by atoms with Crippen molar-refractivity contribution in [2.75, 3.05) is 26.9 Å². The number of aliphatic hydroxyl groups is 2. The van der Waals surface area contributed by atoms with Crippen LogP contribution in [0.2, 0.25) is 0 Å². The second-order valence-corrected chi connectivity index (χ2v) is 10.4. The number of benzene rings is 2. The summed E-state index contributed by atoms with van der Waals surface area (Å²) in [6.45, 7) is 2.41. The molecule has 2 amide bonds. The molecule has 0 saturated carbocycles. The molecule has 3 N–H and O–H groups in total. The molecule has 1 saturated heterocycles. The molecular formula is C30H34N2O8. The van der Waals surface area contributed by atoms with Crippen LogP contribution in [0.5, 0.6) is 11.5 Å². The smallest absolute Gasteiger partial charge is 0.252 e. The number of carbonyl (C=O) groups is 3. The number of carbonyl (C=O) groups excluding carboxylic acids is 3. The first-order valence-electron chi connectivity index (χ1n) is 13.5. The number of methoxy groups -OCH3 is 1. The van der Waals surface area contributed by atoms with Crippen LogP contribution in [0.1, 0.15) is 45.8 Å². The second-order valence-electron chi connectivity index (χ2n) is 10.4. The number of aliphatic hydroxyl groups excluding tert-OH is 2. The highest BCUT2D eigenvalue weighted by atomic mass is 16.5. The van der Waals surface area contributed by atoms with Crippen LogP contribution in [0, 0.1) is 6.92 Å². The zero-order valence-corrected chi connectivity index (χ0v) is 22.5. The van der Waals surface area contributed by atoms with Crippen molar-refractivity contribution in [1.82, 2.24) is 10.2 Å². The van der Waals surface area contributed by atoms with Crippen molar-refractivity contribution in [3.63, 3.8) is 0 Å². The third kappa shape index (κ3) is 5.22. The first kappa shape index (κ1) is 27.8. The van der Waals surface area contributed by atoms with Gasteiger partial charge in [-0.05, 0) is 43.5 Å². The van der Waals surface area contributed by atoms with E-state index in [-0.39, 0.29) is 31.2 Å². The van der Waals surface area contributed by atoms with Gasteiger partial charge < -0.3 is 34.6 Å². The number of ether oxygens (including phenoxy) is 3. The van der Waals surface area contributed by atoms with Crippen LogP contribution in [-0.4, -0.2) is 84.4 Å². The van der Waals surface area contributed by atoms with Crippen molar-refractivity contribution in [3.8, 4) is 11.5 Å². The van der Waals surface area contributed by atoms with Gasteiger partial charge >= 0.3 is 0 Å². The highest BCUT2D eigenvalue weighted by Gasteiger charge is 2.52. The van der Waals surface area contributed by atoms with E-state index < -0.39 is 36.2 Å². The molecule has 0 aromatic heterocycles. The average Bonchev–Trinajstić information content (AvgIpc) is 3.64. The molecule has 40 heavy (non-hydrogen) atoms. The molecule has 1 fully saturated rings. The summed E-state index contributed by atoms with van der Waals surface area (Å²) >= 11 is 0. The van der Waals surface area contributed by atoms with E-state index in [0.29, 0.717) is 41.9 Å². The quantitative estimate of drug-likeness (QED) is 0.401. The minimum absolute atomic E-state index is 0.0219. The van der Waals surface area contributed by atoms with Crippen molar-refractivity contribution in [1.29, 1.82) is 0 Å². The van der Waals surface area contributed by atoms with Crippen molar-refractivity contribution >= 4 is 18.1 Å². The maximum absolute atomic E-state index is 13.8. The fraction of sp³-hybridized carbons (Fsp3) is 0.433. The van der Waals surface area contributed by atoms with Gasteiger partial charge in [0, 0.05) is 36.4 Å². The first-order valence-corrected chi connectivity index (χ1v) is 13.5. The Morgan fingerprint density at radius 1 is 1.23 bits per heavy atom. The Balaban J connectivity index is 1.60. The Hall–Kier alpha value is -3.73. The van der Waals surface area contributed by atoms with Crippen LogP contribution < -0.4 is 14.8 Å². The molecule has 0 spiro atoms. The topological polar surface area (TPSA) is 135 Å². The zero-order valence-electron chi connectivity index (χ0n) is 22.5. The van der Waals surface area contributed by atoms with E-state index >= 15 is 0 Å². The molecule has 3 aliphatic rings. The van der Waals surface area contributed by atoms with Crippen LogP contribution >= 0.6 is 0 Å². The van der Waals surface area contributed by atoms with Gasteiger partial charge in [0.2, 0.25) is 5.91 Å². The Morgan fingerprint density at radius 2 is 2.00 bits per heavy atom. The molecule has 2 heterocycles. The van der Waals surface area contributed by atoms with E-state index in [0.717, 1.165) is 17.5 Å². The van der Waals surface area contributed by atoms with Gasteiger partial charge in [-0.1, -0.05) is 29.8 Å². The highest BCUT2D eigenvalue weighted by Crippen LogP contribution is 2.51. The summed E-state index contributed by atoms with van der Waals surface area (Å²) in [6, 6.07) is 10.00. The van der Waals surface area contributed by atoms with Crippen LogP contribution in [-0.2, 0) is 20.9 Å². The summed E-state index contributed by atoms with van der Waals surface area (Å²) in [4.78, 5) is 40.5. The van der Waals surface area contributed by atoms with E-state index in [4.69, 9.17) is 14.2 Å². The van der Waals surface area contributed by atoms with Crippen LogP contribution in [0.25, 0.3) is 0 Å². The number of rotatable bonds is 9. The summed E-state index contributed by atoms with van der Waals surface area (Å²) in [5.74, 6) is -0.831. The number of hydrogen-bond donors (Lipinski definition) is 3. The maximum atomic E-state index is 13.8. The normalized spacial score (nSPS) is 24.8. The van der Waals surface area contributed by atoms with Gasteiger partial charge in [0.05, 0.1) is 25.7 Å². The number of aryl methyl sites for hydroxylation is 1. The Kier molecular flexibility index (Phi) is 8.20. The summed E-state index contributed by atoms with van der Waals surface area (Å²) < 4.78 is 17.4. The number of nitrogens with one attached hydrogen (secondary N) is 1. The lowest BCUT2D eigenvalue weighted by Crippen LogP contribution is -2.57. The van der Waals surface area contributed by atoms with E-state index in [1.165, 1.54) is 13.2 Å². The van der Waals surface area contributed by atoms with E-state index in [9.17, 15) is 24.6 Å². The molecule has 1 aliphatic carbocycles. The molecule has 5 atom stereocenters. The van der Waals surface area contributed by atoms with Crippen molar-refractivity contribution in [2.24, 2.45) is 0 Å². The molecule has 2 aromatic carbocycles. The molecular weight excluding hydrogens is 516 g/mol. The summed E-state index contributed by atoms with van der Waals surface area (Å²) in [5.41, 5.74) is 3.07. The Labute approximate surface area is 232 Å². The predicted molar refractivity (Wildman–Crippen MR) is 144 cm³/mol. The largest absolute Gasteiger partial charge is 0.493 e. The van der Waals surface area contributed by atoms with Gasteiger partial charge in [-0.3, -0.25) is 14.4 Å². The predicted octanol–water partition coefficient (Wildman–Crippen LogP) is 1.65. The lowest BCUT2D eigenvalue weighted by molar-refractivity contribution is -0.147. The van der Waals surface area contributed by atoms with Crippen LogP contribution in [0.4, 0.5) is 0 Å². The SMILES string of the molecule is COc1cc(C=O)cc2c1O[C@@H]1[C@@H](O)[C@H](N(Cc3ccc(C)cc3)C(=O)C3CCCO3)C=C(C(=O)NCCO)[C@H]21. The number of fused-ring (bicyclic) bond motifs is 3. The van der Waals surface area contributed by atoms with Crippen LogP contribution in [0.15, 0.2) is 48.0 Å². The second kappa shape index (κ2) is 11.8. The Bertz CT molecular complexity index is 1300. The molecule has 5 rings (SSSR count). The third-order valence-corrected chi connectivity index (χ3v) is 7.73. The Morgan fingerprint density at radius 3 is 2.65 bits per heavy atom. The monoisotopic (exact) mass is 550 g/mol. The molecule has 10 nitrogen and oxygen atoms in total. The minimum Gasteiger partial charge on any atom is -0.493 e. The zero-order chi connectivity index (χ0) is 28.4. The van der Waals surface area contributed by atoms with Crippen molar-refractivity contribution in [2.45, 2.75) is 56.6 Å². The van der Waals surface area contributed by atoms with Gasteiger partial charge in [-0.15, -0.1) is 0 Å². The van der Waals surface area contributed by atoms with Gasteiger partial charge in [-0.25, -0.2) is 0 Å². The minimum atomic E-state index is -1.22. The summed E-state index contributed by atoms with van der Waals surface area (Å²) in [6.07, 6.45) is 0.816. The third-order valence-electron chi connectivity index (χ3n) is 7.73. The van der Waals surface area contributed by atoms with Crippen LogP contribution in [0.3, 0.4) is 0 Å². The fourth-order valence-corrected chi connectivity index (χ4v) is 5.74. The molecule has 0 radical (unpaired) electrons. The van der Waals surface area contributed by atoms with Crippen molar-refractivity contribution < 1.29 is 38.8 Å². The number of hydrogen-bond acceptors (Lipinski definition) is 8. The first-order chi connectivity index (χ1) is 19.4. The standard InChI is InChI=1S/C30H34N2O8/c1-17-5-7-18(8-6-17)15-32(30(37)23-4-3-11-39-23)22-14-21(29(36)31-9-10-33)25-20-12-19(16-34)13-24(38-2)27(20)40-28(25)26(22)35/h5-8,12-14,16,22-23,25-26,28,33,35H,3-4,9-11,15H2,1-2H3,(H,31,36)/t22-,23?,25+,26+,28+/m1/s1. The molecule has 10 heteroatoms. The van der Waals surface area contributed by atoms with Gasteiger partial charge in [-0.2, -0.15) is 0 Å². The van der Waals surface area contributed by atoms with Gasteiger partial charge in [0.1, 0.15) is 24.6 Å². The molecule has 2 aromatic rings. The maximum Gasteiger partial charge on any atom is 0.252 e. The fourth-order valence-electron chi connectivity index (χ4n) is 5.74. The molecule has 212 valence electrons. The van der Waals surface area contributed by atoms with Crippen molar-refractivity contribution in [3.05, 3.63) is 70.3 Å². The van der Waals surface area contributed by atoms with E-state index in [1.807, 2.05) is 31.2 Å². The van der Waals surface area contributed by atoms with Gasteiger partial charge in [0.25, 0.3) is 5.91 Å². The summed E-state index contributed by atoms with van der Waals surface area (Å²) in [5, 5.41) is 23.8. The molecule has 1 unspecified atom stereocenters. The molecule has 0 bridgehead atoms. The number of nitrogens with zero attached hydrogens (tertiary/aromatic N) is 1. The van der Waals surface area contributed by atoms with E-state index in [1.54, 1.807) is 17.0 Å². The average molecular weight is 551 g/mol. The lowest BCUT2D eigenvalue weighted by Gasteiger charge is -2.41. The number of amides is 2. The molecule has 2 aliphatic heterocycles. The number of aldehydes is 1. The van der Waals surface area contributed by atoms with E-state index in [2.05, 4.69) is 5.32 Å². The van der Waals surface area contributed by atoms with Gasteiger partial charge in [0.15, 0.2) is 11.5 Å².